The maximum Gasteiger partial charge on any atom is 0.426 e. The molecule has 0 radical (unpaired) electrons. The van der Waals surface area contributed by atoms with E-state index in [0.717, 1.165) is 0 Å². The molecule has 0 unspecified atom stereocenters. The van der Waals surface area contributed by atoms with E-state index in [4.69, 9.17) is 9.15 Å². The van der Waals surface area contributed by atoms with Crippen LogP contribution >= 0.6 is 15.9 Å². The number of alkyl halides is 6. The molecule has 1 atom stereocenters. The summed E-state index contributed by atoms with van der Waals surface area (Å²) in [4.78, 5) is 16.4. The number of halogens is 7. The van der Waals surface area contributed by atoms with Crippen molar-refractivity contribution < 1.29 is 40.3 Å². The number of benzene rings is 1. The largest absolute Gasteiger partial charge is 0.426 e. The van der Waals surface area contributed by atoms with Crippen molar-refractivity contribution in [1.82, 2.24) is 15.2 Å². The number of aromatic nitrogens is 3. The molecule has 1 amide bonds. The number of carbonyl (C=O) groups is 1. The number of ether oxygens (including phenoxy) is 1. The van der Waals surface area contributed by atoms with Gasteiger partial charge in [0, 0.05) is 6.42 Å². The summed E-state index contributed by atoms with van der Waals surface area (Å²) in [6.07, 6.45) is -9.55. The summed E-state index contributed by atoms with van der Waals surface area (Å²) in [7, 11) is 0. The average Bonchev–Trinajstić information content (AvgIpc) is 3.33. The Labute approximate surface area is 240 Å². The highest BCUT2D eigenvalue weighted by Gasteiger charge is 2.61. The molecule has 7 nitrogen and oxygen atoms in total. The number of anilines is 1. The molecule has 0 aliphatic carbocycles. The van der Waals surface area contributed by atoms with Gasteiger partial charge in [0.1, 0.15) is 4.60 Å². The number of pyridine rings is 1. The van der Waals surface area contributed by atoms with Gasteiger partial charge in [-0.25, -0.2) is 4.98 Å². The predicted octanol–water partition coefficient (Wildman–Crippen LogP) is 8.23. The predicted molar refractivity (Wildman–Crippen MR) is 141 cm³/mol. The lowest BCUT2D eigenvalue weighted by Crippen LogP contribution is -2.45. The zero-order valence-electron chi connectivity index (χ0n) is 22.3. The molecule has 0 saturated carbocycles. The Morgan fingerprint density at radius 1 is 1.10 bits per heavy atom. The van der Waals surface area contributed by atoms with Gasteiger partial charge in [-0.3, -0.25) is 4.79 Å². The van der Waals surface area contributed by atoms with Gasteiger partial charge in [-0.05, 0) is 45.8 Å². The molecule has 222 valence electrons. The number of amides is 1. The van der Waals surface area contributed by atoms with Gasteiger partial charge in [0.05, 0.1) is 17.9 Å². The minimum absolute atomic E-state index is 0.0784. The summed E-state index contributed by atoms with van der Waals surface area (Å²) in [5.41, 5.74) is -5.33. The van der Waals surface area contributed by atoms with E-state index in [2.05, 4.69) is 43.0 Å². The van der Waals surface area contributed by atoms with E-state index in [0.29, 0.717) is 11.6 Å². The van der Waals surface area contributed by atoms with E-state index in [9.17, 15) is 31.1 Å². The van der Waals surface area contributed by atoms with Gasteiger partial charge in [0.2, 0.25) is 11.5 Å². The van der Waals surface area contributed by atoms with Crippen LogP contribution in [0.3, 0.4) is 0 Å². The van der Waals surface area contributed by atoms with Crippen molar-refractivity contribution in [3.05, 3.63) is 70.7 Å². The molecule has 1 aromatic carbocycles. The van der Waals surface area contributed by atoms with Crippen LogP contribution in [0.2, 0.25) is 0 Å². The molecule has 1 N–H and O–H groups in total. The SMILES string of the molecule is C=CCC[C@@](OCc1ccccc1)(c1nnc(-c2nc(Br)c(C(F)(F)F)cc2NC(=O)CC(C)(C)C)o1)C(F)(F)F. The van der Waals surface area contributed by atoms with Crippen LogP contribution in [0.1, 0.15) is 57.1 Å². The second kappa shape index (κ2) is 12.3. The molecule has 14 heteroatoms. The summed E-state index contributed by atoms with van der Waals surface area (Å²) in [6, 6.07) is 8.69. The lowest BCUT2D eigenvalue weighted by atomic mass is 9.92. The third kappa shape index (κ3) is 7.94. The first kappa shape index (κ1) is 32.3. The van der Waals surface area contributed by atoms with Gasteiger partial charge >= 0.3 is 12.4 Å². The number of hydrogen-bond donors (Lipinski definition) is 1. The van der Waals surface area contributed by atoms with Crippen molar-refractivity contribution in [2.24, 2.45) is 5.41 Å². The Morgan fingerprint density at radius 2 is 1.76 bits per heavy atom. The molecule has 2 heterocycles. The minimum atomic E-state index is -5.05. The molecule has 2 aromatic heterocycles. The van der Waals surface area contributed by atoms with Gasteiger partial charge in [0.25, 0.3) is 11.8 Å². The van der Waals surface area contributed by atoms with E-state index in [1.54, 1.807) is 51.1 Å². The first-order chi connectivity index (χ1) is 19.0. The topological polar surface area (TPSA) is 90.1 Å². The summed E-state index contributed by atoms with van der Waals surface area (Å²) in [6.45, 7) is 8.24. The number of allylic oxidation sites excluding steroid dienone is 1. The first-order valence-electron chi connectivity index (χ1n) is 12.2. The van der Waals surface area contributed by atoms with E-state index < -0.39 is 75.6 Å². The van der Waals surface area contributed by atoms with Crippen molar-refractivity contribution in [2.45, 2.75) is 64.6 Å². The van der Waals surface area contributed by atoms with Crippen molar-refractivity contribution in [3.8, 4) is 11.6 Å². The molecule has 3 aromatic rings. The summed E-state index contributed by atoms with van der Waals surface area (Å²) < 4.78 is 95.0. The molecule has 3 rings (SSSR count). The fourth-order valence-corrected chi connectivity index (χ4v) is 4.29. The van der Waals surface area contributed by atoms with Crippen LogP contribution in [-0.4, -0.2) is 27.3 Å². The number of nitrogens with zero attached hydrogens (tertiary/aromatic N) is 3. The Morgan fingerprint density at radius 3 is 2.32 bits per heavy atom. The van der Waals surface area contributed by atoms with Crippen molar-refractivity contribution in [3.63, 3.8) is 0 Å². The molecule has 0 bridgehead atoms. The standard InChI is InChI=1S/C27H27BrF6N4O3/c1-5-6-12-25(27(32,33)34,40-15-16-10-8-7-9-11-16)23-38-37-22(41-23)20-18(35-19(39)14-24(2,3)4)13-17(21(28)36-20)26(29,30)31/h5,7-11,13H,1,6,12,14-15H2,2-4H3,(H,35,39)/t25-/m1/s1. The lowest BCUT2D eigenvalue weighted by Gasteiger charge is -2.32. The minimum Gasteiger partial charge on any atom is -0.416 e. The van der Waals surface area contributed by atoms with Crippen molar-refractivity contribution >= 4 is 27.5 Å². The normalized spacial score (nSPS) is 14.0. The molecule has 0 saturated heterocycles. The van der Waals surface area contributed by atoms with Gasteiger partial charge in [0.15, 0.2) is 5.69 Å². The second-order valence-electron chi connectivity index (χ2n) is 10.3. The molecule has 41 heavy (non-hydrogen) atoms. The Kier molecular flexibility index (Phi) is 9.69. The Bertz CT molecular complexity index is 1370. The van der Waals surface area contributed by atoms with Gasteiger partial charge < -0.3 is 14.5 Å². The lowest BCUT2D eigenvalue weighted by molar-refractivity contribution is -0.299. The molecule has 0 aliphatic rings. The highest BCUT2D eigenvalue weighted by Crippen LogP contribution is 2.47. The van der Waals surface area contributed by atoms with E-state index >= 15 is 0 Å². The molecule has 0 fully saturated rings. The first-order valence-corrected chi connectivity index (χ1v) is 13.0. The maximum atomic E-state index is 14.7. The summed E-state index contributed by atoms with van der Waals surface area (Å²) >= 11 is 2.74. The number of rotatable bonds is 10. The number of nitrogens with one attached hydrogen (secondary N) is 1. The van der Waals surface area contributed by atoms with E-state index in [1.165, 1.54) is 6.08 Å². The summed E-state index contributed by atoms with van der Waals surface area (Å²) in [5, 5.41) is 9.60. The molecular weight excluding hydrogens is 622 g/mol. The average molecular weight is 649 g/mol. The van der Waals surface area contributed by atoms with Crippen LogP contribution in [0.5, 0.6) is 0 Å². The van der Waals surface area contributed by atoms with Gasteiger partial charge in [-0.1, -0.05) is 57.2 Å². The second-order valence-corrected chi connectivity index (χ2v) is 11.1. The van der Waals surface area contributed by atoms with Crippen LogP contribution in [0.25, 0.3) is 11.6 Å². The number of carbonyl (C=O) groups excluding carboxylic acids is 1. The smallest absolute Gasteiger partial charge is 0.416 e. The van der Waals surface area contributed by atoms with Gasteiger partial charge in [-0.15, -0.1) is 16.8 Å². The summed E-state index contributed by atoms with van der Waals surface area (Å²) in [5.74, 6) is -2.30. The number of hydrogen-bond acceptors (Lipinski definition) is 6. The highest BCUT2D eigenvalue weighted by molar-refractivity contribution is 9.10. The van der Waals surface area contributed by atoms with E-state index in [1.807, 2.05) is 0 Å². The Hall–Kier alpha value is -3.26. The maximum absolute atomic E-state index is 14.7. The van der Waals surface area contributed by atoms with Crippen molar-refractivity contribution in [2.75, 3.05) is 5.32 Å². The molecular formula is C27H27BrF6N4O3. The van der Waals surface area contributed by atoms with Crippen LogP contribution in [-0.2, 0) is 27.9 Å². The van der Waals surface area contributed by atoms with Gasteiger partial charge in [-0.2, -0.15) is 26.3 Å². The zero-order valence-corrected chi connectivity index (χ0v) is 23.9. The fourth-order valence-electron chi connectivity index (χ4n) is 3.78. The van der Waals surface area contributed by atoms with Crippen molar-refractivity contribution in [1.29, 1.82) is 0 Å². The molecule has 0 aliphatic heterocycles. The quantitative estimate of drug-likeness (QED) is 0.135. The zero-order chi connectivity index (χ0) is 30.6. The van der Waals surface area contributed by atoms with Crippen LogP contribution < -0.4 is 5.32 Å². The molecule has 0 spiro atoms. The van der Waals surface area contributed by atoms with Crippen LogP contribution in [0.4, 0.5) is 32.0 Å². The fraction of sp³-hybridized carbons (Fsp3) is 0.407. The van der Waals surface area contributed by atoms with E-state index in [-0.39, 0.29) is 12.8 Å². The highest BCUT2D eigenvalue weighted by atomic mass is 79.9. The third-order valence-corrected chi connectivity index (χ3v) is 6.31. The third-order valence-electron chi connectivity index (χ3n) is 5.71. The Balaban J connectivity index is 2.13. The monoisotopic (exact) mass is 648 g/mol. The van der Waals surface area contributed by atoms with Crippen LogP contribution in [0.15, 0.2) is 58.1 Å². The van der Waals surface area contributed by atoms with Crippen LogP contribution in [0, 0.1) is 5.41 Å².